The van der Waals surface area contributed by atoms with E-state index >= 15 is 0 Å². The normalized spacial score (nSPS) is 18.4. The summed E-state index contributed by atoms with van der Waals surface area (Å²) in [6.45, 7) is 7.74. The molecule has 0 unspecified atom stereocenters. The molecule has 3 rings (SSSR count). The predicted octanol–water partition coefficient (Wildman–Crippen LogP) is 2.03. The molecule has 1 fully saturated rings. The Bertz CT molecular complexity index is 641. The molecule has 6 nitrogen and oxygen atoms in total. The molecule has 0 aromatic heterocycles. The Labute approximate surface area is 155 Å². The minimum Gasteiger partial charge on any atom is -0.378 e. The van der Waals surface area contributed by atoms with Crippen LogP contribution in [-0.4, -0.2) is 60.6 Å². The molecule has 0 saturated carbocycles. The van der Waals surface area contributed by atoms with Gasteiger partial charge in [-0.25, -0.2) is 4.79 Å². The van der Waals surface area contributed by atoms with Crippen molar-refractivity contribution in [3.8, 4) is 0 Å². The number of hydrogen-bond acceptors (Lipinski definition) is 3. The van der Waals surface area contributed by atoms with Crippen molar-refractivity contribution >= 4 is 11.9 Å². The summed E-state index contributed by atoms with van der Waals surface area (Å²) in [6.07, 6.45) is 1.51. The molecule has 2 heterocycles. The standard InChI is InChI=1S/C20H29N3O3/c1-15(2)13-18(21-20(25)22-9-11-26-12-10-22)19(24)23-8-7-16-5-3-4-6-17(16)14-23/h3-6,15,18H,7-14H2,1-2H3,(H,21,25)/t18-/m0/s1. The van der Waals surface area contributed by atoms with Crippen molar-refractivity contribution in [3.05, 3.63) is 35.4 Å². The first kappa shape index (κ1) is 18.7. The van der Waals surface area contributed by atoms with Gasteiger partial charge in [-0.15, -0.1) is 0 Å². The van der Waals surface area contributed by atoms with E-state index in [4.69, 9.17) is 4.74 Å². The fourth-order valence-electron chi connectivity index (χ4n) is 3.60. The van der Waals surface area contributed by atoms with Crippen molar-refractivity contribution in [2.45, 2.75) is 39.3 Å². The van der Waals surface area contributed by atoms with Gasteiger partial charge in [0.15, 0.2) is 0 Å². The number of ether oxygens (including phenoxy) is 1. The quantitative estimate of drug-likeness (QED) is 0.895. The van der Waals surface area contributed by atoms with Crippen LogP contribution in [0.25, 0.3) is 0 Å². The lowest BCUT2D eigenvalue weighted by Gasteiger charge is -2.34. The highest BCUT2D eigenvalue weighted by molar-refractivity contribution is 5.87. The van der Waals surface area contributed by atoms with E-state index in [0.29, 0.717) is 51.7 Å². The summed E-state index contributed by atoms with van der Waals surface area (Å²) in [4.78, 5) is 29.3. The topological polar surface area (TPSA) is 61.9 Å². The zero-order valence-corrected chi connectivity index (χ0v) is 15.7. The molecule has 3 amide bonds. The zero-order chi connectivity index (χ0) is 18.5. The Morgan fingerprint density at radius 1 is 1.08 bits per heavy atom. The van der Waals surface area contributed by atoms with Crippen LogP contribution in [0.15, 0.2) is 24.3 Å². The number of morpholine rings is 1. The van der Waals surface area contributed by atoms with Gasteiger partial charge in [0, 0.05) is 26.2 Å². The van der Waals surface area contributed by atoms with Crippen LogP contribution < -0.4 is 5.32 Å². The average Bonchev–Trinajstić information content (AvgIpc) is 2.66. The maximum atomic E-state index is 13.1. The molecular weight excluding hydrogens is 330 g/mol. The maximum absolute atomic E-state index is 13.1. The van der Waals surface area contributed by atoms with Gasteiger partial charge in [-0.2, -0.15) is 0 Å². The van der Waals surface area contributed by atoms with Crippen LogP contribution in [0, 0.1) is 5.92 Å². The molecule has 26 heavy (non-hydrogen) atoms. The van der Waals surface area contributed by atoms with Crippen LogP contribution in [0.5, 0.6) is 0 Å². The largest absolute Gasteiger partial charge is 0.378 e. The Morgan fingerprint density at radius 2 is 1.77 bits per heavy atom. The van der Waals surface area contributed by atoms with Crippen LogP contribution in [0.2, 0.25) is 0 Å². The minimum absolute atomic E-state index is 0.0230. The summed E-state index contributed by atoms with van der Waals surface area (Å²) in [6, 6.07) is 7.63. The molecule has 2 aliphatic rings. The van der Waals surface area contributed by atoms with Crippen LogP contribution in [0.3, 0.4) is 0 Å². The second kappa shape index (κ2) is 8.54. The number of urea groups is 1. The second-order valence-corrected chi connectivity index (χ2v) is 7.51. The number of amides is 3. The van der Waals surface area contributed by atoms with Gasteiger partial charge in [-0.05, 0) is 29.9 Å². The average molecular weight is 359 g/mol. The van der Waals surface area contributed by atoms with Gasteiger partial charge in [-0.1, -0.05) is 38.1 Å². The highest BCUT2D eigenvalue weighted by Gasteiger charge is 2.30. The zero-order valence-electron chi connectivity index (χ0n) is 15.7. The van der Waals surface area contributed by atoms with Crippen molar-refractivity contribution in [3.63, 3.8) is 0 Å². The number of benzene rings is 1. The van der Waals surface area contributed by atoms with E-state index in [-0.39, 0.29) is 11.9 Å². The van der Waals surface area contributed by atoms with Crippen molar-refractivity contribution in [2.24, 2.45) is 5.92 Å². The van der Waals surface area contributed by atoms with E-state index in [9.17, 15) is 9.59 Å². The van der Waals surface area contributed by atoms with E-state index in [1.54, 1.807) is 4.90 Å². The number of carbonyl (C=O) groups excluding carboxylic acids is 2. The van der Waals surface area contributed by atoms with E-state index in [1.807, 2.05) is 17.0 Å². The summed E-state index contributed by atoms with van der Waals surface area (Å²) in [5.41, 5.74) is 2.52. The smallest absolute Gasteiger partial charge is 0.318 e. The van der Waals surface area contributed by atoms with Crippen LogP contribution in [-0.2, 0) is 22.5 Å². The number of nitrogens with one attached hydrogen (secondary N) is 1. The lowest BCUT2D eigenvalue weighted by Crippen LogP contribution is -2.55. The third-order valence-corrected chi connectivity index (χ3v) is 5.04. The Morgan fingerprint density at radius 3 is 2.46 bits per heavy atom. The monoisotopic (exact) mass is 359 g/mol. The molecule has 142 valence electrons. The van der Waals surface area contributed by atoms with Gasteiger partial charge in [0.25, 0.3) is 0 Å². The summed E-state index contributed by atoms with van der Waals surface area (Å²) >= 11 is 0. The fourth-order valence-corrected chi connectivity index (χ4v) is 3.60. The Kier molecular flexibility index (Phi) is 6.14. The predicted molar refractivity (Wildman–Crippen MR) is 99.7 cm³/mol. The van der Waals surface area contributed by atoms with Gasteiger partial charge < -0.3 is 19.9 Å². The van der Waals surface area contributed by atoms with E-state index in [2.05, 4.69) is 31.3 Å². The van der Waals surface area contributed by atoms with Crippen LogP contribution in [0.4, 0.5) is 4.79 Å². The van der Waals surface area contributed by atoms with E-state index in [1.165, 1.54) is 11.1 Å². The SMILES string of the molecule is CC(C)C[C@H](NC(=O)N1CCOCC1)C(=O)N1CCc2ccccc2C1. The van der Waals surface area contributed by atoms with E-state index < -0.39 is 6.04 Å². The number of carbonyl (C=O) groups is 2. The third kappa shape index (κ3) is 4.55. The Balaban J connectivity index is 1.66. The number of nitrogens with zero attached hydrogens (tertiary/aromatic N) is 2. The molecule has 0 aliphatic carbocycles. The summed E-state index contributed by atoms with van der Waals surface area (Å²) < 4.78 is 5.30. The first-order chi connectivity index (χ1) is 12.5. The summed E-state index contributed by atoms with van der Waals surface area (Å²) in [7, 11) is 0. The number of hydrogen-bond donors (Lipinski definition) is 1. The molecular formula is C20H29N3O3. The molecule has 6 heteroatoms. The number of rotatable bonds is 4. The third-order valence-electron chi connectivity index (χ3n) is 5.04. The lowest BCUT2D eigenvalue weighted by molar-refractivity contribution is -0.134. The minimum atomic E-state index is -0.476. The van der Waals surface area contributed by atoms with Gasteiger partial charge in [0.2, 0.25) is 5.91 Å². The van der Waals surface area contributed by atoms with Gasteiger partial charge in [0.1, 0.15) is 6.04 Å². The molecule has 1 N–H and O–H groups in total. The highest BCUT2D eigenvalue weighted by atomic mass is 16.5. The first-order valence-electron chi connectivity index (χ1n) is 9.53. The Hall–Kier alpha value is -2.08. The van der Waals surface area contributed by atoms with Crippen molar-refractivity contribution < 1.29 is 14.3 Å². The van der Waals surface area contributed by atoms with Crippen molar-refractivity contribution in [2.75, 3.05) is 32.8 Å². The molecule has 1 aromatic rings. The highest BCUT2D eigenvalue weighted by Crippen LogP contribution is 2.20. The molecule has 1 aromatic carbocycles. The molecule has 0 radical (unpaired) electrons. The second-order valence-electron chi connectivity index (χ2n) is 7.51. The molecule has 0 bridgehead atoms. The summed E-state index contributed by atoms with van der Waals surface area (Å²) in [5.74, 6) is 0.348. The fraction of sp³-hybridized carbons (Fsp3) is 0.600. The van der Waals surface area contributed by atoms with Gasteiger partial charge >= 0.3 is 6.03 Å². The van der Waals surface area contributed by atoms with Crippen LogP contribution in [0.1, 0.15) is 31.4 Å². The molecule has 0 spiro atoms. The molecule has 1 saturated heterocycles. The van der Waals surface area contributed by atoms with Gasteiger partial charge in [-0.3, -0.25) is 4.79 Å². The van der Waals surface area contributed by atoms with Crippen molar-refractivity contribution in [1.29, 1.82) is 0 Å². The first-order valence-corrected chi connectivity index (χ1v) is 9.53. The van der Waals surface area contributed by atoms with E-state index in [0.717, 1.165) is 6.42 Å². The number of fused-ring (bicyclic) bond motifs is 1. The summed E-state index contributed by atoms with van der Waals surface area (Å²) in [5, 5.41) is 2.98. The van der Waals surface area contributed by atoms with Crippen LogP contribution >= 0.6 is 0 Å². The van der Waals surface area contributed by atoms with Crippen molar-refractivity contribution in [1.82, 2.24) is 15.1 Å². The molecule has 2 aliphatic heterocycles. The lowest BCUT2D eigenvalue weighted by atomic mass is 9.97. The molecule has 1 atom stereocenters. The maximum Gasteiger partial charge on any atom is 0.318 e. The van der Waals surface area contributed by atoms with Gasteiger partial charge in [0.05, 0.1) is 13.2 Å².